The molecule has 142 valence electrons. The summed E-state index contributed by atoms with van der Waals surface area (Å²) in [6.45, 7) is 3.06. The van der Waals surface area contributed by atoms with Crippen LogP contribution in [0.1, 0.15) is 22.8 Å². The van der Waals surface area contributed by atoms with Gasteiger partial charge in [-0.1, -0.05) is 30.3 Å². The van der Waals surface area contributed by atoms with Gasteiger partial charge in [-0.2, -0.15) is 0 Å². The van der Waals surface area contributed by atoms with E-state index in [0.29, 0.717) is 18.8 Å². The van der Waals surface area contributed by atoms with Gasteiger partial charge in [-0.25, -0.2) is 0 Å². The Morgan fingerprint density at radius 1 is 0.857 bits per heavy atom. The molecule has 1 N–H and O–H groups in total. The minimum Gasteiger partial charge on any atom is -0.494 e. The van der Waals surface area contributed by atoms with Crippen molar-refractivity contribution in [1.29, 1.82) is 0 Å². The van der Waals surface area contributed by atoms with Crippen LogP contribution < -0.4 is 14.8 Å². The molecule has 0 bridgehead atoms. The van der Waals surface area contributed by atoms with E-state index < -0.39 is 0 Å². The van der Waals surface area contributed by atoms with Crippen LogP contribution in [0.2, 0.25) is 0 Å². The molecule has 0 aliphatic carbocycles. The maximum Gasteiger partial charge on any atom is 0.187 e. The van der Waals surface area contributed by atoms with Gasteiger partial charge in [0.25, 0.3) is 0 Å². The van der Waals surface area contributed by atoms with Crippen LogP contribution in [0, 0.1) is 0 Å². The van der Waals surface area contributed by atoms with Crippen molar-refractivity contribution in [2.45, 2.75) is 13.5 Å². The molecule has 0 saturated carbocycles. The third-order valence-corrected chi connectivity index (χ3v) is 4.04. The molecule has 3 aromatic carbocycles. The van der Waals surface area contributed by atoms with Crippen LogP contribution in [0.5, 0.6) is 11.5 Å². The second kappa shape index (κ2) is 9.97. The zero-order valence-corrected chi connectivity index (χ0v) is 15.8. The van der Waals surface area contributed by atoms with Crippen molar-refractivity contribution in [2.24, 2.45) is 0 Å². The molecule has 0 atom stereocenters. The van der Waals surface area contributed by atoms with E-state index in [0.717, 1.165) is 22.7 Å². The molecule has 3 aromatic rings. The summed E-state index contributed by atoms with van der Waals surface area (Å²) in [4.78, 5) is 12.2. The molecule has 4 nitrogen and oxygen atoms in total. The second-order valence-electron chi connectivity index (χ2n) is 6.10. The topological polar surface area (TPSA) is 47.6 Å². The lowest BCUT2D eigenvalue weighted by Gasteiger charge is -2.07. The highest BCUT2D eigenvalue weighted by molar-refractivity contribution is 6.04. The van der Waals surface area contributed by atoms with Crippen LogP contribution >= 0.6 is 0 Å². The van der Waals surface area contributed by atoms with E-state index in [1.807, 2.05) is 61.5 Å². The number of rotatable bonds is 9. The van der Waals surface area contributed by atoms with Crippen molar-refractivity contribution in [3.8, 4) is 11.5 Å². The Balaban J connectivity index is 1.49. The number of allylic oxidation sites excluding steroid dienone is 1. The lowest BCUT2D eigenvalue weighted by Crippen LogP contribution is -1.98. The Morgan fingerprint density at radius 3 is 2.18 bits per heavy atom. The molecule has 3 rings (SSSR count). The molecular weight excluding hydrogens is 350 g/mol. The van der Waals surface area contributed by atoms with Crippen molar-refractivity contribution in [3.05, 3.63) is 102 Å². The Morgan fingerprint density at radius 2 is 1.50 bits per heavy atom. The van der Waals surface area contributed by atoms with E-state index in [4.69, 9.17) is 9.47 Å². The summed E-state index contributed by atoms with van der Waals surface area (Å²) < 4.78 is 11.1. The fourth-order valence-corrected chi connectivity index (χ4v) is 2.58. The quantitative estimate of drug-likeness (QED) is 0.399. The van der Waals surface area contributed by atoms with E-state index in [9.17, 15) is 4.79 Å². The average molecular weight is 373 g/mol. The maximum absolute atomic E-state index is 12.2. The molecule has 0 heterocycles. The molecule has 0 fully saturated rings. The first kappa shape index (κ1) is 19.2. The van der Waals surface area contributed by atoms with Gasteiger partial charge in [0.2, 0.25) is 0 Å². The van der Waals surface area contributed by atoms with Gasteiger partial charge in [-0.3, -0.25) is 4.79 Å². The van der Waals surface area contributed by atoms with Gasteiger partial charge in [0.1, 0.15) is 18.1 Å². The summed E-state index contributed by atoms with van der Waals surface area (Å²) in [5.74, 6) is 1.48. The van der Waals surface area contributed by atoms with Crippen molar-refractivity contribution >= 4 is 11.5 Å². The summed E-state index contributed by atoms with van der Waals surface area (Å²) >= 11 is 0. The number of anilines is 1. The summed E-state index contributed by atoms with van der Waals surface area (Å²) in [5, 5.41) is 3.10. The molecule has 0 aromatic heterocycles. The monoisotopic (exact) mass is 373 g/mol. The van der Waals surface area contributed by atoms with Crippen molar-refractivity contribution < 1.29 is 14.3 Å². The summed E-state index contributed by atoms with van der Waals surface area (Å²) in [6.07, 6.45) is 3.15. The number of carbonyl (C=O) groups excluding carboxylic acids is 1. The Bertz CT molecular complexity index is 901. The first-order chi connectivity index (χ1) is 13.7. The van der Waals surface area contributed by atoms with Gasteiger partial charge in [-0.05, 0) is 61.0 Å². The Kier molecular flexibility index (Phi) is 6.85. The third kappa shape index (κ3) is 5.74. The molecule has 0 unspecified atom stereocenters. The molecule has 0 saturated heterocycles. The van der Waals surface area contributed by atoms with Crippen molar-refractivity contribution in [1.82, 2.24) is 0 Å². The first-order valence-corrected chi connectivity index (χ1v) is 9.21. The van der Waals surface area contributed by atoms with Gasteiger partial charge in [0.05, 0.1) is 6.61 Å². The first-order valence-electron chi connectivity index (χ1n) is 9.21. The van der Waals surface area contributed by atoms with E-state index in [-0.39, 0.29) is 5.78 Å². The van der Waals surface area contributed by atoms with E-state index in [1.54, 1.807) is 30.5 Å². The highest BCUT2D eigenvalue weighted by Crippen LogP contribution is 2.17. The van der Waals surface area contributed by atoms with E-state index in [2.05, 4.69) is 5.32 Å². The highest BCUT2D eigenvalue weighted by atomic mass is 16.5. The number of hydrogen-bond acceptors (Lipinski definition) is 4. The molecule has 0 amide bonds. The molecule has 0 aliphatic heterocycles. The van der Waals surface area contributed by atoms with Gasteiger partial charge in [0.15, 0.2) is 5.78 Å². The van der Waals surface area contributed by atoms with Crippen LogP contribution in [0.25, 0.3) is 0 Å². The highest BCUT2D eigenvalue weighted by Gasteiger charge is 2.02. The van der Waals surface area contributed by atoms with Crippen LogP contribution in [0.4, 0.5) is 5.69 Å². The molecule has 4 heteroatoms. The second-order valence-corrected chi connectivity index (χ2v) is 6.10. The van der Waals surface area contributed by atoms with Crippen molar-refractivity contribution in [2.75, 3.05) is 11.9 Å². The standard InChI is InChI=1S/C24H23NO3/c1-2-27-22-12-8-20(9-13-22)24(26)16-17-25-21-10-14-23(15-11-21)28-18-19-6-4-3-5-7-19/h3-17,25H,2,18H2,1H3/b17-16+. The smallest absolute Gasteiger partial charge is 0.187 e. The molecule has 0 radical (unpaired) electrons. The number of benzene rings is 3. The molecule has 0 aliphatic rings. The third-order valence-electron chi connectivity index (χ3n) is 4.04. The normalized spacial score (nSPS) is 10.6. The number of ether oxygens (including phenoxy) is 2. The molecule has 28 heavy (non-hydrogen) atoms. The predicted molar refractivity (Wildman–Crippen MR) is 112 cm³/mol. The predicted octanol–water partition coefficient (Wildman–Crippen LogP) is 5.47. The molecular formula is C24H23NO3. The van der Waals surface area contributed by atoms with Crippen molar-refractivity contribution in [3.63, 3.8) is 0 Å². The minimum atomic E-state index is -0.0710. The number of carbonyl (C=O) groups is 1. The minimum absolute atomic E-state index is 0.0710. The fourth-order valence-electron chi connectivity index (χ4n) is 2.58. The van der Waals surface area contributed by atoms with Crippen LogP contribution in [0.15, 0.2) is 91.1 Å². The fraction of sp³-hybridized carbons (Fsp3) is 0.125. The average Bonchev–Trinajstić information content (AvgIpc) is 2.74. The number of nitrogens with one attached hydrogen (secondary N) is 1. The largest absolute Gasteiger partial charge is 0.494 e. The lowest BCUT2D eigenvalue weighted by molar-refractivity contribution is 0.104. The molecule has 0 spiro atoms. The van der Waals surface area contributed by atoms with Gasteiger partial charge < -0.3 is 14.8 Å². The summed E-state index contributed by atoms with van der Waals surface area (Å²) in [6, 6.07) is 24.8. The number of ketones is 1. The zero-order valence-electron chi connectivity index (χ0n) is 15.8. The van der Waals surface area contributed by atoms with E-state index in [1.165, 1.54) is 6.08 Å². The lowest BCUT2D eigenvalue weighted by atomic mass is 10.1. The zero-order chi connectivity index (χ0) is 19.6. The van der Waals surface area contributed by atoms with Crippen LogP contribution in [-0.2, 0) is 6.61 Å². The van der Waals surface area contributed by atoms with Gasteiger partial charge in [0, 0.05) is 23.5 Å². The van der Waals surface area contributed by atoms with Crippen LogP contribution in [0.3, 0.4) is 0 Å². The Labute approximate surface area is 165 Å². The van der Waals surface area contributed by atoms with Crippen LogP contribution in [-0.4, -0.2) is 12.4 Å². The van der Waals surface area contributed by atoms with E-state index >= 15 is 0 Å². The number of hydrogen-bond donors (Lipinski definition) is 1. The SMILES string of the molecule is CCOc1ccc(C(=O)/C=C/Nc2ccc(OCc3ccccc3)cc2)cc1. The van der Waals surface area contributed by atoms with Gasteiger partial charge in [-0.15, -0.1) is 0 Å². The summed E-state index contributed by atoms with van der Waals surface area (Å²) in [5.41, 5.74) is 2.62. The Hall–Kier alpha value is -3.53. The maximum atomic E-state index is 12.2. The van der Waals surface area contributed by atoms with Gasteiger partial charge >= 0.3 is 0 Å². The summed E-state index contributed by atoms with van der Waals surface area (Å²) in [7, 11) is 0.